The molecule has 2 aromatic carbocycles. The van der Waals surface area contributed by atoms with Crippen molar-refractivity contribution >= 4 is 22.7 Å². The smallest absolute Gasteiger partial charge is 0.203 e. The summed E-state index contributed by atoms with van der Waals surface area (Å²) in [4.78, 5) is 4.56. The van der Waals surface area contributed by atoms with Gasteiger partial charge < -0.3 is 4.74 Å². The van der Waals surface area contributed by atoms with Crippen LogP contribution in [0.4, 0.5) is 5.13 Å². The molecule has 0 aliphatic carbocycles. The molecule has 1 N–H and O–H groups in total. The van der Waals surface area contributed by atoms with Gasteiger partial charge in [0.15, 0.2) is 0 Å². The van der Waals surface area contributed by atoms with Crippen molar-refractivity contribution in [1.29, 1.82) is 0 Å². The highest BCUT2D eigenvalue weighted by Crippen LogP contribution is 2.25. The van der Waals surface area contributed by atoms with Crippen molar-refractivity contribution in [2.75, 3.05) is 5.43 Å². The van der Waals surface area contributed by atoms with Crippen LogP contribution in [0.15, 0.2) is 59.0 Å². The van der Waals surface area contributed by atoms with Crippen LogP contribution in [0.25, 0.3) is 11.3 Å². The highest BCUT2D eigenvalue weighted by molar-refractivity contribution is 7.14. The van der Waals surface area contributed by atoms with Gasteiger partial charge in [0.1, 0.15) is 5.75 Å². The lowest BCUT2D eigenvalue weighted by Gasteiger charge is -2.08. The van der Waals surface area contributed by atoms with E-state index in [0.29, 0.717) is 0 Å². The molecule has 0 saturated carbocycles. The number of ether oxygens (including phenoxy) is 1. The van der Waals surface area contributed by atoms with E-state index in [2.05, 4.69) is 46.7 Å². The minimum atomic E-state index is 0.175. The average molecular weight is 351 g/mol. The predicted octanol–water partition coefficient (Wildman–Crippen LogP) is 5.35. The molecule has 0 spiro atoms. The lowest BCUT2D eigenvalue weighted by Crippen LogP contribution is -2.05. The molecular formula is C20H21N3OS. The number of rotatable bonds is 6. The number of hydrazone groups is 1. The Morgan fingerprint density at radius 3 is 2.48 bits per heavy atom. The number of aromatic nitrogens is 1. The van der Waals surface area contributed by atoms with E-state index in [9.17, 15) is 0 Å². The maximum atomic E-state index is 5.63. The van der Waals surface area contributed by atoms with Crippen molar-refractivity contribution in [2.24, 2.45) is 5.10 Å². The largest absolute Gasteiger partial charge is 0.491 e. The molecule has 0 saturated heterocycles. The molecule has 0 aliphatic heterocycles. The number of thiazole rings is 1. The third-order valence-corrected chi connectivity index (χ3v) is 4.22. The molecule has 0 radical (unpaired) electrons. The number of nitrogens with zero attached hydrogens (tertiary/aromatic N) is 2. The molecule has 0 amide bonds. The Hall–Kier alpha value is -2.66. The normalized spacial score (nSPS) is 11.2. The number of aryl methyl sites for hydroxylation is 1. The Morgan fingerprint density at radius 2 is 1.80 bits per heavy atom. The van der Waals surface area contributed by atoms with Gasteiger partial charge in [-0.3, -0.25) is 5.43 Å². The van der Waals surface area contributed by atoms with Gasteiger partial charge in [-0.2, -0.15) is 5.10 Å². The monoisotopic (exact) mass is 351 g/mol. The molecule has 0 atom stereocenters. The van der Waals surface area contributed by atoms with Gasteiger partial charge in [-0.1, -0.05) is 29.8 Å². The van der Waals surface area contributed by atoms with Crippen molar-refractivity contribution in [1.82, 2.24) is 4.98 Å². The summed E-state index contributed by atoms with van der Waals surface area (Å²) in [5, 5.41) is 7.05. The summed E-state index contributed by atoms with van der Waals surface area (Å²) in [6.45, 7) is 6.10. The van der Waals surface area contributed by atoms with E-state index in [1.54, 1.807) is 6.21 Å². The standard InChI is InChI=1S/C20H21N3OS/c1-14(2)24-18-10-6-16(7-11-18)12-21-23-20-22-19(13-25-20)17-8-4-15(3)5-9-17/h4-14H,1-3H3,(H,22,23)/b21-12-. The quantitative estimate of drug-likeness (QED) is 0.481. The van der Waals surface area contributed by atoms with Crippen LogP contribution in [0, 0.1) is 6.92 Å². The van der Waals surface area contributed by atoms with E-state index >= 15 is 0 Å². The second-order valence-electron chi connectivity index (χ2n) is 6.01. The van der Waals surface area contributed by atoms with Crippen LogP contribution in [0.2, 0.25) is 0 Å². The van der Waals surface area contributed by atoms with Gasteiger partial charge in [-0.15, -0.1) is 11.3 Å². The Bertz CT molecular complexity index is 836. The first-order chi connectivity index (χ1) is 12.1. The van der Waals surface area contributed by atoms with Gasteiger partial charge in [0.05, 0.1) is 18.0 Å². The summed E-state index contributed by atoms with van der Waals surface area (Å²) in [6.07, 6.45) is 1.94. The van der Waals surface area contributed by atoms with E-state index in [1.807, 2.05) is 43.5 Å². The van der Waals surface area contributed by atoms with Gasteiger partial charge in [0.2, 0.25) is 5.13 Å². The molecule has 0 aliphatic rings. The third kappa shape index (κ3) is 4.90. The topological polar surface area (TPSA) is 46.5 Å². The molecule has 3 rings (SSSR count). The highest BCUT2D eigenvalue weighted by Gasteiger charge is 2.03. The Balaban J connectivity index is 1.60. The maximum Gasteiger partial charge on any atom is 0.203 e. The summed E-state index contributed by atoms with van der Waals surface area (Å²) < 4.78 is 5.63. The van der Waals surface area contributed by atoms with E-state index in [-0.39, 0.29) is 6.10 Å². The molecule has 0 unspecified atom stereocenters. The van der Waals surface area contributed by atoms with Crippen molar-refractivity contribution in [3.63, 3.8) is 0 Å². The average Bonchev–Trinajstić information content (AvgIpc) is 3.05. The Morgan fingerprint density at radius 1 is 1.08 bits per heavy atom. The van der Waals surface area contributed by atoms with Crippen LogP contribution in [0.1, 0.15) is 25.0 Å². The van der Waals surface area contributed by atoms with E-state index < -0.39 is 0 Å². The number of nitrogens with one attached hydrogen (secondary N) is 1. The van der Waals surface area contributed by atoms with Gasteiger partial charge in [0.25, 0.3) is 0 Å². The van der Waals surface area contributed by atoms with E-state index in [1.165, 1.54) is 16.9 Å². The van der Waals surface area contributed by atoms with Gasteiger partial charge >= 0.3 is 0 Å². The summed E-state index contributed by atoms with van der Waals surface area (Å²) >= 11 is 1.54. The molecule has 25 heavy (non-hydrogen) atoms. The zero-order valence-corrected chi connectivity index (χ0v) is 15.4. The molecule has 0 fully saturated rings. The van der Waals surface area contributed by atoms with Gasteiger partial charge in [-0.05, 0) is 50.6 Å². The Kier molecular flexibility index (Phi) is 5.46. The summed E-state index contributed by atoms with van der Waals surface area (Å²) in [5.74, 6) is 0.864. The lowest BCUT2D eigenvalue weighted by atomic mass is 10.1. The molecular weight excluding hydrogens is 330 g/mol. The number of hydrogen-bond acceptors (Lipinski definition) is 5. The predicted molar refractivity (Wildman–Crippen MR) is 106 cm³/mol. The fourth-order valence-corrected chi connectivity index (χ4v) is 2.92. The van der Waals surface area contributed by atoms with Crippen molar-refractivity contribution < 1.29 is 4.74 Å². The van der Waals surface area contributed by atoms with E-state index in [0.717, 1.165) is 27.7 Å². The number of hydrogen-bond donors (Lipinski definition) is 1. The second-order valence-corrected chi connectivity index (χ2v) is 6.87. The first kappa shape index (κ1) is 17.2. The molecule has 1 heterocycles. The van der Waals surface area contributed by atoms with Gasteiger partial charge in [0, 0.05) is 10.9 Å². The third-order valence-electron chi connectivity index (χ3n) is 3.48. The van der Waals surface area contributed by atoms with Crippen LogP contribution in [-0.2, 0) is 0 Å². The Labute approximate surface area is 152 Å². The van der Waals surface area contributed by atoms with Crippen LogP contribution in [-0.4, -0.2) is 17.3 Å². The van der Waals surface area contributed by atoms with E-state index in [4.69, 9.17) is 4.74 Å². The fraction of sp³-hybridized carbons (Fsp3) is 0.200. The minimum Gasteiger partial charge on any atom is -0.491 e. The first-order valence-corrected chi connectivity index (χ1v) is 9.06. The molecule has 0 bridgehead atoms. The maximum absolute atomic E-state index is 5.63. The van der Waals surface area contributed by atoms with Crippen molar-refractivity contribution in [2.45, 2.75) is 26.9 Å². The van der Waals surface area contributed by atoms with Crippen LogP contribution >= 0.6 is 11.3 Å². The minimum absolute atomic E-state index is 0.175. The number of benzene rings is 2. The highest BCUT2D eigenvalue weighted by atomic mass is 32.1. The zero-order valence-electron chi connectivity index (χ0n) is 14.6. The summed E-state index contributed by atoms with van der Waals surface area (Å²) in [7, 11) is 0. The van der Waals surface area contributed by atoms with Crippen molar-refractivity contribution in [3.8, 4) is 17.0 Å². The van der Waals surface area contributed by atoms with Crippen LogP contribution in [0.3, 0.4) is 0 Å². The SMILES string of the molecule is Cc1ccc(-c2csc(N/N=C\c3ccc(OC(C)C)cc3)n2)cc1. The summed E-state index contributed by atoms with van der Waals surface area (Å²) in [6, 6.07) is 16.2. The van der Waals surface area contributed by atoms with Gasteiger partial charge in [-0.25, -0.2) is 4.98 Å². The molecule has 4 nitrogen and oxygen atoms in total. The molecule has 5 heteroatoms. The van der Waals surface area contributed by atoms with Crippen LogP contribution < -0.4 is 10.2 Å². The molecule has 3 aromatic rings. The number of anilines is 1. The first-order valence-electron chi connectivity index (χ1n) is 8.18. The molecule has 128 valence electrons. The van der Waals surface area contributed by atoms with Crippen LogP contribution in [0.5, 0.6) is 5.75 Å². The second kappa shape index (κ2) is 7.94. The summed E-state index contributed by atoms with van der Waals surface area (Å²) in [5.41, 5.74) is 7.30. The fourth-order valence-electron chi connectivity index (χ4n) is 2.25. The van der Waals surface area contributed by atoms with Crippen molar-refractivity contribution in [3.05, 3.63) is 65.0 Å². The zero-order chi connectivity index (χ0) is 17.6. The molecule has 1 aromatic heterocycles. The lowest BCUT2D eigenvalue weighted by molar-refractivity contribution is 0.242.